The van der Waals surface area contributed by atoms with E-state index in [0.29, 0.717) is 13.1 Å². The maximum atomic E-state index is 12.4. The molecule has 0 spiro atoms. The monoisotopic (exact) mass is 401 g/mol. The first kappa shape index (κ1) is 20.5. The Hall–Kier alpha value is -2.24. The molecule has 1 atom stereocenters. The van der Waals surface area contributed by atoms with E-state index in [-0.39, 0.29) is 18.1 Å². The number of urea groups is 1. The quantitative estimate of drug-likeness (QED) is 0.606. The van der Waals surface area contributed by atoms with Gasteiger partial charge in [-0.2, -0.15) is 0 Å². The van der Waals surface area contributed by atoms with E-state index in [4.69, 9.17) is 16.3 Å². The van der Waals surface area contributed by atoms with Crippen molar-refractivity contribution in [2.75, 3.05) is 25.0 Å². The smallest absolute Gasteiger partial charge is 0.321 e. The topological polar surface area (TPSA) is 53.6 Å². The number of benzene rings is 2. The third-order valence-corrected chi connectivity index (χ3v) is 5.24. The van der Waals surface area contributed by atoms with Crippen LogP contribution in [0.5, 0.6) is 5.75 Å². The van der Waals surface area contributed by atoms with Gasteiger partial charge in [0.15, 0.2) is 0 Å². The Morgan fingerprint density at radius 1 is 1.21 bits per heavy atom. The summed E-state index contributed by atoms with van der Waals surface area (Å²) in [5, 5.41) is 7.23. The van der Waals surface area contributed by atoms with Gasteiger partial charge in [-0.3, -0.25) is 0 Å². The highest BCUT2D eigenvalue weighted by molar-refractivity contribution is 6.31. The molecule has 0 radical (unpaired) electrons. The standard InChI is InChI=1S/C22H28ClN3O2/c1-3-4-13-28-19-11-9-17(10-12-19)25-22(27)26-14-18(15-26)24-16(2)20-7-5-6-8-21(20)23/h5-12,16,18,24H,3-4,13-15H2,1-2H3,(H,25,27). The first-order chi connectivity index (χ1) is 13.6. The molecule has 1 unspecified atom stereocenters. The number of carbonyl (C=O) groups is 1. The van der Waals surface area contributed by atoms with Gasteiger partial charge in [-0.05, 0) is 49.2 Å². The molecule has 0 bridgehead atoms. The van der Waals surface area contributed by atoms with Crippen LogP contribution in [0, 0.1) is 0 Å². The van der Waals surface area contributed by atoms with Gasteiger partial charge >= 0.3 is 6.03 Å². The van der Waals surface area contributed by atoms with Crippen LogP contribution in [0.3, 0.4) is 0 Å². The van der Waals surface area contributed by atoms with Crippen LogP contribution < -0.4 is 15.4 Å². The van der Waals surface area contributed by atoms with Crippen molar-refractivity contribution in [3.8, 4) is 5.75 Å². The number of hydrogen-bond donors (Lipinski definition) is 2. The highest BCUT2D eigenvalue weighted by Crippen LogP contribution is 2.24. The average molecular weight is 402 g/mol. The predicted octanol–water partition coefficient (Wildman–Crippen LogP) is 5.09. The Balaban J connectivity index is 1.42. The van der Waals surface area contributed by atoms with Crippen LogP contribution in [0.2, 0.25) is 5.02 Å². The molecule has 1 saturated heterocycles. The van der Waals surface area contributed by atoms with Crippen molar-refractivity contribution in [1.82, 2.24) is 10.2 Å². The molecule has 0 saturated carbocycles. The van der Waals surface area contributed by atoms with E-state index < -0.39 is 0 Å². The lowest BCUT2D eigenvalue weighted by Gasteiger charge is -2.41. The molecular formula is C22H28ClN3O2. The van der Waals surface area contributed by atoms with Gasteiger partial charge in [0.25, 0.3) is 0 Å². The molecule has 150 valence electrons. The minimum atomic E-state index is -0.0805. The lowest BCUT2D eigenvalue weighted by atomic mass is 10.0. The first-order valence-electron chi connectivity index (χ1n) is 9.86. The molecule has 1 fully saturated rings. The number of rotatable bonds is 8. The molecule has 28 heavy (non-hydrogen) atoms. The van der Waals surface area contributed by atoms with Crippen LogP contribution in [0.4, 0.5) is 10.5 Å². The zero-order valence-electron chi connectivity index (χ0n) is 16.5. The normalized spacial score (nSPS) is 15.0. The second-order valence-electron chi connectivity index (χ2n) is 7.17. The molecule has 1 heterocycles. The largest absolute Gasteiger partial charge is 0.494 e. The highest BCUT2D eigenvalue weighted by atomic mass is 35.5. The fraction of sp³-hybridized carbons (Fsp3) is 0.409. The average Bonchev–Trinajstić information content (AvgIpc) is 2.66. The number of nitrogens with one attached hydrogen (secondary N) is 2. The van der Waals surface area contributed by atoms with Gasteiger partial charge in [-0.15, -0.1) is 0 Å². The lowest BCUT2D eigenvalue weighted by Crippen LogP contribution is -2.61. The van der Waals surface area contributed by atoms with E-state index >= 15 is 0 Å². The summed E-state index contributed by atoms with van der Waals surface area (Å²) < 4.78 is 5.64. The summed E-state index contributed by atoms with van der Waals surface area (Å²) >= 11 is 6.26. The van der Waals surface area contributed by atoms with Crippen LogP contribution in [-0.4, -0.2) is 36.7 Å². The predicted molar refractivity (Wildman–Crippen MR) is 114 cm³/mol. The van der Waals surface area contributed by atoms with E-state index in [2.05, 4.69) is 24.5 Å². The van der Waals surface area contributed by atoms with Crippen molar-refractivity contribution in [3.05, 3.63) is 59.1 Å². The van der Waals surface area contributed by atoms with E-state index in [0.717, 1.165) is 41.5 Å². The molecule has 6 heteroatoms. The molecule has 0 aromatic heterocycles. The fourth-order valence-electron chi connectivity index (χ4n) is 3.19. The van der Waals surface area contributed by atoms with Crippen molar-refractivity contribution in [2.45, 2.75) is 38.8 Å². The van der Waals surface area contributed by atoms with Crippen molar-refractivity contribution >= 4 is 23.3 Å². The number of hydrogen-bond acceptors (Lipinski definition) is 3. The fourth-order valence-corrected chi connectivity index (χ4v) is 3.49. The van der Waals surface area contributed by atoms with Gasteiger partial charge in [0, 0.05) is 35.9 Å². The van der Waals surface area contributed by atoms with E-state index in [1.165, 1.54) is 0 Å². The number of anilines is 1. The Labute approximate surface area is 172 Å². The molecule has 2 aromatic carbocycles. The third-order valence-electron chi connectivity index (χ3n) is 4.90. The summed E-state index contributed by atoms with van der Waals surface area (Å²) in [7, 11) is 0. The zero-order chi connectivity index (χ0) is 19.9. The minimum Gasteiger partial charge on any atom is -0.494 e. The molecule has 2 amide bonds. The summed E-state index contributed by atoms with van der Waals surface area (Å²) in [5.74, 6) is 0.827. The zero-order valence-corrected chi connectivity index (χ0v) is 17.2. The van der Waals surface area contributed by atoms with Crippen LogP contribution in [0.15, 0.2) is 48.5 Å². The number of amides is 2. The minimum absolute atomic E-state index is 0.0805. The summed E-state index contributed by atoms with van der Waals surface area (Å²) in [6.45, 7) is 6.30. The number of unbranched alkanes of at least 4 members (excludes halogenated alkanes) is 1. The Morgan fingerprint density at radius 3 is 2.61 bits per heavy atom. The lowest BCUT2D eigenvalue weighted by molar-refractivity contribution is 0.143. The number of carbonyl (C=O) groups excluding carboxylic acids is 1. The maximum Gasteiger partial charge on any atom is 0.321 e. The molecule has 3 rings (SSSR count). The number of likely N-dealkylation sites (tertiary alicyclic amines) is 1. The van der Waals surface area contributed by atoms with Gasteiger partial charge < -0.3 is 20.3 Å². The van der Waals surface area contributed by atoms with Crippen LogP contribution in [0.25, 0.3) is 0 Å². The van der Waals surface area contributed by atoms with Crippen molar-refractivity contribution in [3.63, 3.8) is 0 Å². The van der Waals surface area contributed by atoms with E-state index in [1.54, 1.807) is 4.90 Å². The highest BCUT2D eigenvalue weighted by Gasteiger charge is 2.31. The Morgan fingerprint density at radius 2 is 1.93 bits per heavy atom. The number of halogens is 1. The van der Waals surface area contributed by atoms with Crippen molar-refractivity contribution in [1.29, 1.82) is 0 Å². The van der Waals surface area contributed by atoms with E-state index in [1.807, 2.05) is 48.5 Å². The van der Waals surface area contributed by atoms with Crippen LogP contribution in [0.1, 0.15) is 38.3 Å². The molecule has 5 nitrogen and oxygen atoms in total. The second-order valence-corrected chi connectivity index (χ2v) is 7.58. The van der Waals surface area contributed by atoms with Gasteiger partial charge in [-0.1, -0.05) is 43.1 Å². The maximum absolute atomic E-state index is 12.4. The molecule has 2 N–H and O–H groups in total. The molecule has 2 aromatic rings. The van der Waals surface area contributed by atoms with Gasteiger partial charge in [0.1, 0.15) is 5.75 Å². The summed E-state index contributed by atoms with van der Waals surface area (Å²) in [6, 6.07) is 15.7. The second kappa shape index (κ2) is 9.80. The van der Waals surface area contributed by atoms with Gasteiger partial charge in [0.2, 0.25) is 0 Å². The molecule has 1 aliphatic heterocycles. The van der Waals surface area contributed by atoms with Crippen molar-refractivity contribution in [2.24, 2.45) is 0 Å². The number of ether oxygens (including phenoxy) is 1. The Bertz CT molecular complexity index is 776. The molecule has 1 aliphatic rings. The molecule has 0 aliphatic carbocycles. The summed E-state index contributed by atoms with van der Waals surface area (Å²) in [4.78, 5) is 14.2. The Kier molecular flexibility index (Phi) is 7.18. The number of nitrogens with zero attached hydrogens (tertiary/aromatic N) is 1. The van der Waals surface area contributed by atoms with Crippen molar-refractivity contribution < 1.29 is 9.53 Å². The first-order valence-corrected chi connectivity index (χ1v) is 10.2. The van der Waals surface area contributed by atoms with Gasteiger partial charge in [0.05, 0.1) is 6.61 Å². The summed E-state index contributed by atoms with van der Waals surface area (Å²) in [5.41, 5.74) is 1.85. The van der Waals surface area contributed by atoms with Crippen LogP contribution >= 0.6 is 11.6 Å². The summed E-state index contributed by atoms with van der Waals surface area (Å²) in [6.07, 6.45) is 2.15. The van der Waals surface area contributed by atoms with Gasteiger partial charge in [-0.25, -0.2) is 4.79 Å². The molecular weight excluding hydrogens is 374 g/mol. The van der Waals surface area contributed by atoms with E-state index in [9.17, 15) is 4.79 Å². The van der Waals surface area contributed by atoms with Crippen LogP contribution in [-0.2, 0) is 0 Å². The SMILES string of the molecule is CCCCOc1ccc(NC(=O)N2CC(NC(C)c3ccccc3Cl)C2)cc1. The third kappa shape index (κ3) is 5.40.